The molecule has 2 aliphatic carbocycles. The highest BCUT2D eigenvalue weighted by molar-refractivity contribution is 4.99. The van der Waals surface area contributed by atoms with E-state index in [0.29, 0.717) is 6.61 Å². The first-order valence-corrected chi connectivity index (χ1v) is 5.99. The molecule has 1 N–H and O–H groups in total. The van der Waals surface area contributed by atoms with Crippen molar-refractivity contribution < 1.29 is 9.84 Å². The molecule has 82 valence electrons. The monoisotopic (exact) mass is 198 g/mol. The smallest absolute Gasteiger partial charge is 0.0491 e. The van der Waals surface area contributed by atoms with Gasteiger partial charge in [0.1, 0.15) is 0 Å². The normalized spacial score (nSPS) is 40.7. The Balaban J connectivity index is 1.90. The van der Waals surface area contributed by atoms with Gasteiger partial charge >= 0.3 is 0 Å². The molecule has 0 heterocycles. The first-order valence-electron chi connectivity index (χ1n) is 5.99. The fraction of sp³-hybridized carbons (Fsp3) is 1.00. The first kappa shape index (κ1) is 10.4. The van der Waals surface area contributed by atoms with E-state index in [9.17, 15) is 5.11 Å². The van der Waals surface area contributed by atoms with Gasteiger partial charge in [-0.25, -0.2) is 0 Å². The van der Waals surface area contributed by atoms with Gasteiger partial charge in [-0.15, -0.1) is 0 Å². The van der Waals surface area contributed by atoms with Crippen molar-refractivity contribution in [2.75, 3.05) is 19.8 Å². The van der Waals surface area contributed by atoms with E-state index in [0.717, 1.165) is 31.5 Å². The summed E-state index contributed by atoms with van der Waals surface area (Å²) in [4.78, 5) is 0. The molecule has 2 bridgehead atoms. The summed E-state index contributed by atoms with van der Waals surface area (Å²) < 4.78 is 5.42. The summed E-state index contributed by atoms with van der Waals surface area (Å²) in [5, 5.41) is 9.58. The molecule has 14 heavy (non-hydrogen) atoms. The van der Waals surface area contributed by atoms with E-state index < -0.39 is 0 Å². The zero-order chi connectivity index (χ0) is 10.0. The molecule has 0 aromatic rings. The number of ether oxygens (including phenoxy) is 1. The summed E-state index contributed by atoms with van der Waals surface area (Å²) in [5.74, 6) is 1.70. The predicted molar refractivity (Wildman–Crippen MR) is 56.1 cm³/mol. The molecule has 0 amide bonds. The molecule has 2 rings (SSSR count). The second kappa shape index (κ2) is 4.19. The zero-order valence-corrected chi connectivity index (χ0v) is 9.17. The zero-order valence-electron chi connectivity index (χ0n) is 9.17. The Kier molecular flexibility index (Phi) is 3.13. The molecule has 0 radical (unpaired) electrons. The Bertz CT molecular complexity index is 193. The van der Waals surface area contributed by atoms with Crippen LogP contribution < -0.4 is 0 Å². The lowest BCUT2D eigenvalue weighted by Crippen LogP contribution is -2.33. The van der Waals surface area contributed by atoms with Crippen LogP contribution in [0.3, 0.4) is 0 Å². The van der Waals surface area contributed by atoms with Crippen LogP contribution in [-0.4, -0.2) is 24.9 Å². The predicted octanol–water partition coefficient (Wildman–Crippen LogP) is 2.21. The lowest BCUT2D eigenvalue weighted by Gasteiger charge is -2.36. The van der Waals surface area contributed by atoms with Crippen molar-refractivity contribution in [1.29, 1.82) is 0 Å². The van der Waals surface area contributed by atoms with Crippen molar-refractivity contribution in [2.45, 2.75) is 39.0 Å². The first-order chi connectivity index (χ1) is 6.80. The van der Waals surface area contributed by atoms with Crippen molar-refractivity contribution in [3.63, 3.8) is 0 Å². The Morgan fingerprint density at radius 1 is 1.43 bits per heavy atom. The third-order valence-electron chi connectivity index (χ3n) is 4.37. The van der Waals surface area contributed by atoms with Crippen molar-refractivity contribution in [1.82, 2.24) is 0 Å². The fourth-order valence-electron chi connectivity index (χ4n) is 3.56. The maximum Gasteiger partial charge on any atom is 0.0491 e. The minimum absolute atomic E-state index is 0.234. The Morgan fingerprint density at radius 2 is 2.29 bits per heavy atom. The third kappa shape index (κ3) is 1.70. The molecule has 3 atom stereocenters. The molecule has 2 nitrogen and oxygen atoms in total. The third-order valence-corrected chi connectivity index (χ3v) is 4.37. The number of aliphatic hydroxyl groups is 1. The minimum Gasteiger partial charge on any atom is -0.396 e. The summed E-state index contributed by atoms with van der Waals surface area (Å²) >= 11 is 0. The average molecular weight is 198 g/mol. The van der Waals surface area contributed by atoms with E-state index >= 15 is 0 Å². The molecule has 0 aromatic heterocycles. The van der Waals surface area contributed by atoms with Crippen molar-refractivity contribution >= 4 is 0 Å². The maximum absolute atomic E-state index is 9.58. The molecule has 2 saturated carbocycles. The second-order valence-electron chi connectivity index (χ2n) is 5.05. The second-order valence-corrected chi connectivity index (χ2v) is 5.05. The van der Waals surface area contributed by atoms with E-state index in [1.165, 1.54) is 25.7 Å². The largest absolute Gasteiger partial charge is 0.396 e. The van der Waals surface area contributed by atoms with Gasteiger partial charge in [-0.2, -0.15) is 0 Å². The molecule has 0 spiro atoms. The molecule has 2 fully saturated rings. The molecule has 0 aromatic carbocycles. The molecule has 0 aliphatic heterocycles. The topological polar surface area (TPSA) is 29.5 Å². The number of rotatable bonds is 5. The van der Waals surface area contributed by atoms with E-state index in [1.54, 1.807) is 0 Å². The number of hydrogen-bond donors (Lipinski definition) is 1. The molecular weight excluding hydrogens is 176 g/mol. The van der Waals surface area contributed by atoms with E-state index in [2.05, 4.69) is 0 Å². The van der Waals surface area contributed by atoms with Crippen LogP contribution in [0.1, 0.15) is 39.0 Å². The van der Waals surface area contributed by atoms with E-state index in [1.807, 2.05) is 6.92 Å². The van der Waals surface area contributed by atoms with Gasteiger partial charge < -0.3 is 9.84 Å². The molecule has 0 saturated heterocycles. The van der Waals surface area contributed by atoms with Crippen LogP contribution in [0.25, 0.3) is 0 Å². The standard InChI is InChI=1S/C12H22O2/c1-2-14-6-5-12(9-13)8-10-3-4-11(12)7-10/h10-11,13H,2-9H2,1H3. The van der Waals surface area contributed by atoms with Gasteiger partial charge in [-0.1, -0.05) is 6.42 Å². The Labute approximate surface area is 86.6 Å². The summed E-state index contributed by atoms with van der Waals surface area (Å²) in [6, 6.07) is 0. The average Bonchev–Trinajstić information content (AvgIpc) is 2.78. The van der Waals surface area contributed by atoms with Crippen LogP contribution >= 0.6 is 0 Å². The van der Waals surface area contributed by atoms with Gasteiger partial charge in [-0.05, 0) is 49.9 Å². The molecule has 2 aliphatic rings. The van der Waals surface area contributed by atoms with Crippen molar-refractivity contribution in [3.05, 3.63) is 0 Å². The van der Waals surface area contributed by atoms with Gasteiger partial charge in [0.25, 0.3) is 0 Å². The Hall–Kier alpha value is -0.0800. The van der Waals surface area contributed by atoms with Crippen LogP contribution in [0.5, 0.6) is 0 Å². The van der Waals surface area contributed by atoms with Crippen molar-refractivity contribution in [2.24, 2.45) is 17.3 Å². The van der Waals surface area contributed by atoms with Crippen LogP contribution in [0.2, 0.25) is 0 Å². The van der Waals surface area contributed by atoms with Crippen LogP contribution in [0.4, 0.5) is 0 Å². The lowest BCUT2D eigenvalue weighted by atomic mass is 9.71. The van der Waals surface area contributed by atoms with Gasteiger partial charge in [0.2, 0.25) is 0 Å². The molecule has 3 unspecified atom stereocenters. The highest BCUT2D eigenvalue weighted by Crippen LogP contribution is 2.57. The van der Waals surface area contributed by atoms with Crippen LogP contribution in [0.15, 0.2) is 0 Å². The quantitative estimate of drug-likeness (QED) is 0.686. The summed E-state index contributed by atoms with van der Waals surface area (Å²) in [6.07, 6.45) is 6.44. The molecular formula is C12H22O2. The van der Waals surface area contributed by atoms with Crippen molar-refractivity contribution in [3.8, 4) is 0 Å². The van der Waals surface area contributed by atoms with E-state index in [-0.39, 0.29) is 5.41 Å². The van der Waals surface area contributed by atoms with Gasteiger partial charge in [0, 0.05) is 19.8 Å². The Morgan fingerprint density at radius 3 is 2.79 bits per heavy atom. The SMILES string of the molecule is CCOCCC1(CO)CC2CCC1C2. The highest BCUT2D eigenvalue weighted by Gasteiger charge is 2.49. The fourth-order valence-corrected chi connectivity index (χ4v) is 3.56. The number of aliphatic hydroxyl groups excluding tert-OH is 1. The molecule has 2 heteroatoms. The summed E-state index contributed by atoms with van der Waals surface area (Å²) in [6.45, 7) is 4.05. The van der Waals surface area contributed by atoms with Crippen LogP contribution in [-0.2, 0) is 4.74 Å². The number of hydrogen-bond acceptors (Lipinski definition) is 2. The highest BCUT2D eigenvalue weighted by atomic mass is 16.5. The lowest BCUT2D eigenvalue weighted by molar-refractivity contribution is 0.0218. The number of fused-ring (bicyclic) bond motifs is 2. The summed E-state index contributed by atoms with van der Waals surface area (Å²) in [7, 11) is 0. The summed E-state index contributed by atoms with van der Waals surface area (Å²) in [5.41, 5.74) is 0.234. The van der Waals surface area contributed by atoms with Gasteiger partial charge in [-0.3, -0.25) is 0 Å². The van der Waals surface area contributed by atoms with E-state index in [4.69, 9.17) is 4.74 Å². The van der Waals surface area contributed by atoms with Crippen LogP contribution in [0, 0.1) is 17.3 Å². The van der Waals surface area contributed by atoms with Gasteiger partial charge in [0.15, 0.2) is 0 Å². The van der Waals surface area contributed by atoms with Gasteiger partial charge in [0.05, 0.1) is 0 Å². The minimum atomic E-state index is 0.234. The maximum atomic E-state index is 9.58.